The van der Waals surface area contributed by atoms with Crippen LogP contribution in [0.5, 0.6) is 0 Å². The molecule has 2 nitrogen and oxygen atoms in total. The van der Waals surface area contributed by atoms with Crippen LogP contribution in [0, 0.1) is 6.92 Å². The van der Waals surface area contributed by atoms with Crippen LogP contribution in [0.1, 0.15) is 11.1 Å². The third kappa shape index (κ3) is 1.77. The molecule has 0 aromatic heterocycles. The Balaban J connectivity index is 3.33. The minimum Gasteiger partial charge on any atom is -0.477 e. The fraction of sp³-hybridized carbons (Fsp3) is 0.222. The molecule has 1 aromatic rings. The second kappa shape index (κ2) is 3.65. The van der Waals surface area contributed by atoms with Gasteiger partial charge in [-0.25, -0.2) is 4.79 Å². The molecule has 0 radical (unpaired) electrons. The Morgan fingerprint density at radius 3 is 2.57 bits per heavy atom. The minimum absolute atomic E-state index is 0.236. The van der Waals surface area contributed by atoms with Crippen LogP contribution in [0.2, 0.25) is 0 Å². The van der Waals surface area contributed by atoms with Crippen molar-refractivity contribution < 1.29 is 18.7 Å². The van der Waals surface area contributed by atoms with Gasteiger partial charge in [0, 0.05) is 10.0 Å². The van der Waals surface area contributed by atoms with Gasteiger partial charge in [0.2, 0.25) is 0 Å². The number of carboxylic acid groups (broad SMARTS) is 1. The molecular weight excluding hydrogens is 258 g/mol. The monoisotopic (exact) mass is 264 g/mol. The van der Waals surface area contributed by atoms with Gasteiger partial charge in [-0.3, -0.25) is 0 Å². The Morgan fingerprint density at radius 2 is 2.07 bits per heavy atom. The average Bonchev–Trinajstić information content (AvgIpc) is 2.09. The van der Waals surface area contributed by atoms with Crippen molar-refractivity contribution in [3.63, 3.8) is 0 Å². The van der Waals surface area contributed by atoms with E-state index in [1.807, 2.05) is 0 Å². The third-order valence-corrected chi connectivity index (χ3v) is 2.73. The van der Waals surface area contributed by atoms with Gasteiger partial charge in [0.1, 0.15) is 0 Å². The lowest BCUT2D eigenvalue weighted by Crippen LogP contribution is -2.26. The van der Waals surface area contributed by atoms with Crippen LogP contribution in [0.15, 0.2) is 22.7 Å². The Labute approximate surface area is 87.7 Å². The van der Waals surface area contributed by atoms with E-state index in [1.165, 1.54) is 13.0 Å². The second-order valence-electron chi connectivity index (χ2n) is 2.79. The average molecular weight is 265 g/mol. The van der Waals surface area contributed by atoms with Crippen molar-refractivity contribution in [3.05, 3.63) is 33.8 Å². The number of halogens is 3. The number of aliphatic carboxylic acids is 1. The molecule has 0 aliphatic heterocycles. The highest BCUT2D eigenvalue weighted by atomic mass is 79.9. The van der Waals surface area contributed by atoms with Gasteiger partial charge in [-0.15, -0.1) is 0 Å². The molecule has 0 unspecified atom stereocenters. The molecule has 14 heavy (non-hydrogen) atoms. The van der Waals surface area contributed by atoms with Crippen molar-refractivity contribution >= 4 is 21.9 Å². The molecule has 0 heterocycles. The molecule has 0 atom stereocenters. The first-order valence-corrected chi connectivity index (χ1v) is 4.53. The summed E-state index contributed by atoms with van der Waals surface area (Å²) in [6.07, 6.45) is 0. The number of benzene rings is 1. The predicted molar refractivity (Wildman–Crippen MR) is 50.4 cm³/mol. The molecule has 0 spiro atoms. The highest BCUT2D eigenvalue weighted by molar-refractivity contribution is 9.10. The molecule has 1 N–H and O–H groups in total. The van der Waals surface area contributed by atoms with Gasteiger partial charge < -0.3 is 5.11 Å². The van der Waals surface area contributed by atoms with Gasteiger partial charge in [-0.1, -0.05) is 28.1 Å². The second-order valence-corrected chi connectivity index (χ2v) is 3.65. The van der Waals surface area contributed by atoms with Crippen LogP contribution in [-0.2, 0) is 10.7 Å². The molecule has 0 aliphatic rings. The summed E-state index contributed by atoms with van der Waals surface area (Å²) in [7, 11) is 0. The maximum absolute atomic E-state index is 13.1. The fourth-order valence-corrected chi connectivity index (χ4v) is 1.43. The quantitative estimate of drug-likeness (QED) is 0.892. The largest absolute Gasteiger partial charge is 0.477 e. The summed E-state index contributed by atoms with van der Waals surface area (Å²) in [5.41, 5.74) is -0.251. The highest BCUT2D eigenvalue weighted by Gasteiger charge is 2.42. The molecule has 0 aliphatic carbocycles. The van der Waals surface area contributed by atoms with Crippen molar-refractivity contribution in [2.75, 3.05) is 0 Å². The lowest BCUT2D eigenvalue weighted by molar-refractivity contribution is -0.166. The van der Waals surface area contributed by atoms with E-state index in [9.17, 15) is 13.6 Å². The molecule has 5 heteroatoms. The van der Waals surface area contributed by atoms with E-state index >= 15 is 0 Å². The minimum atomic E-state index is -3.84. The van der Waals surface area contributed by atoms with Crippen LogP contribution < -0.4 is 0 Å². The zero-order chi connectivity index (χ0) is 10.9. The standard InChI is InChI=1S/C9H7BrF2O2/c1-5-6(3-2-4-7(5)10)9(11,12)8(13)14/h2-4H,1H3,(H,13,14). The fourth-order valence-electron chi connectivity index (χ4n) is 1.06. The molecule has 0 fully saturated rings. The van der Waals surface area contributed by atoms with E-state index in [0.29, 0.717) is 4.47 Å². The molecule has 0 saturated carbocycles. The molecule has 0 bridgehead atoms. The van der Waals surface area contributed by atoms with Gasteiger partial charge in [-0.2, -0.15) is 8.78 Å². The van der Waals surface area contributed by atoms with E-state index in [-0.39, 0.29) is 5.56 Å². The van der Waals surface area contributed by atoms with Crippen molar-refractivity contribution in [1.29, 1.82) is 0 Å². The number of alkyl halides is 2. The van der Waals surface area contributed by atoms with Gasteiger partial charge in [-0.05, 0) is 18.6 Å². The van der Waals surface area contributed by atoms with E-state index < -0.39 is 17.5 Å². The SMILES string of the molecule is Cc1c(Br)cccc1C(F)(F)C(=O)O. The molecular formula is C9H7BrF2O2. The Morgan fingerprint density at radius 1 is 1.50 bits per heavy atom. The number of hydrogen-bond acceptors (Lipinski definition) is 1. The number of carboxylic acids is 1. The van der Waals surface area contributed by atoms with Crippen LogP contribution in [0.4, 0.5) is 8.78 Å². The molecule has 76 valence electrons. The van der Waals surface area contributed by atoms with Crippen molar-refractivity contribution in [1.82, 2.24) is 0 Å². The van der Waals surface area contributed by atoms with Gasteiger partial charge >= 0.3 is 11.9 Å². The maximum Gasteiger partial charge on any atom is 0.379 e. The van der Waals surface area contributed by atoms with Crippen molar-refractivity contribution in [2.45, 2.75) is 12.8 Å². The normalized spacial score (nSPS) is 11.4. The van der Waals surface area contributed by atoms with Gasteiger partial charge in [0.05, 0.1) is 0 Å². The zero-order valence-electron chi connectivity index (χ0n) is 7.22. The summed E-state index contributed by atoms with van der Waals surface area (Å²) in [5.74, 6) is -5.98. The van der Waals surface area contributed by atoms with E-state index in [0.717, 1.165) is 6.07 Å². The van der Waals surface area contributed by atoms with Gasteiger partial charge in [0.15, 0.2) is 0 Å². The smallest absolute Gasteiger partial charge is 0.379 e. The summed E-state index contributed by atoms with van der Waals surface area (Å²) < 4.78 is 26.7. The van der Waals surface area contributed by atoms with Crippen LogP contribution in [0.25, 0.3) is 0 Å². The lowest BCUT2D eigenvalue weighted by atomic mass is 10.0. The summed E-state index contributed by atoms with van der Waals surface area (Å²) in [5, 5.41) is 8.34. The molecule has 0 saturated heterocycles. The lowest BCUT2D eigenvalue weighted by Gasteiger charge is -2.14. The summed E-state index contributed by atoms with van der Waals surface area (Å²) in [6.45, 7) is 1.44. The van der Waals surface area contributed by atoms with E-state index in [2.05, 4.69) is 15.9 Å². The summed E-state index contributed by atoms with van der Waals surface area (Å²) in [6, 6.07) is 4.06. The summed E-state index contributed by atoms with van der Waals surface area (Å²) in [4.78, 5) is 10.3. The first-order chi connectivity index (χ1) is 6.37. The van der Waals surface area contributed by atoms with Crippen LogP contribution in [-0.4, -0.2) is 11.1 Å². The topological polar surface area (TPSA) is 37.3 Å². The van der Waals surface area contributed by atoms with E-state index in [1.54, 1.807) is 6.07 Å². The number of rotatable bonds is 2. The predicted octanol–water partition coefficient (Wildman–Crippen LogP) is 2.93. The Kier molecular flexibility index (Phi) is 2.89. The maximum atomic E-state index is 13.1. The first kappa shape index (κ1) is 11.1. The first-order valence-electron chi connectivity index (χ1n) is 3.74. The van der Waals surface area contributed by atoms with Gasteiger partial charge in [0.25, 0.3) is 0 Å². The Hall–Kier alpha value is -0.970. The zero-order valence-corrected chi connectivity index (χ0v) is 8.81. The highest BCUT2D eigenvalue weighted by Crippen LogP contribution is 2.33. The van der Waals surface area contributed by atoms with Crippen molar-refractivity contribution in [3.8, 4) is 0 Å². The molecule has 0 amide bonds. The molecule has 1 rings (SSSR count). The number of hydrogen-bond donors (Lipinski definition) is 1. The molecule has 1 aromatic carbocycles. The van der Waals surface area contributed by atoms with Crippen molar-refractivity contribution in [2.24, 2.45) is 0 Å². The Bertz CT molecular complexity index is 377. The van der Waals surface area contributed by atoms with Crippen LogP contribution >= 0.6 is 15.9 Å². The summed E-state index contributed by atoms with van der Waals surface area (Å²) >= 11 is 3.06. The number of carbonyl (C=O) groups is 1. The van der Waals surface area contributed by atoms with Crippen LogP contribution in [0.3, 0.4) is 0 Å². The third-order valence-electron chi connectivity index (χ3n) is 1.87. The van der Waals surface area contributed by atoms with E-state index in [4.69, 9.17) is 5.11 Å².